The molecular formula is C19H29N3O3S. The van der Waals surface area contributed by atoms with E-state index in [-0.39, 0.29) is 23.8 Å². The van der Waals surface area contributed by atoms with Gasteiger partial charge in [0, 0.05) is 55.5 Å². The Kier molecular flexibility index (Phi) is 5.55. The summed E-state index contributed by atoms with van der Waals surface area (Å²) in [6, 6.07) is 0. The number of aromatic nitrogens is 1. The van der Waals surface area contributed by atoms with Crippen molar-refractivity contribution in [2.75, 3.05) is 26.2 Å². The van der Waals surface area contributed by atoms with Gasteiger partial charge in [0.2, 0.25) is 5.91 Å². The topological polar surface area (TPSA) is 62.7 Å². The lowest BCUT2D eigenvalue weighted by Gasteiger charge is -2.43. The summed E-state index contributed by atoms with van der Waals surface area (Å²) >= 11 is 1.67. The number of carbonyl (C=O) groups excluding carboxylic acids is 2. The first-order valence-corrected chi connectivity index (χ1v) is 10.3. The number of amides is 2. The van der Waals surface area contributed by atoms with Gasteiger partial charge in [-0.05, 0) is 33.6 Å². The van der Waals surface area contributed by atoms with Crippen molar-refractivity contribution in [3.05, 3.63) is 16.6 Å². The summed E-state index contributed by atoms with van der Waals surface area (Å²) in [6.45, 7) is 10.4. The smallest absolute Gasteiger partial charge is 0.410 e. The van der Waals surface area contributed by atoms with Gasteiger partial charge >= 0.3 is 6.09 Å². The van der Waals surface area contributed by atoms with E-state index >= 15 is 0 Å². The van der Waals surface area contributed by atoms with E-state index < -0.39 is 5.60 Å². The van der Waals surface area contributed by atoms with Gasteiger partial charge in [0.1, 0.15) is 5.60 Å². The third kappa shape index (κ3) is 4.37. The van der Waals surface area contributed by atoms with Gasteiger partial charge in [-0.1, -0.05) is 6.92 Å². The molecule has 2 saturated heterocycles. The average molecular weight is 380 g/mol. The molecule has 3 heterocycles. The van der Waals surface area contributed by atoms with Gasteiger partial charge in [-0.2, -0.15) is 0 Å². The van der Waals surface area contributed by atoms with Crippen LogP contribution in [0.2, 0.25) is 0 Å². The van der Waals surface area contributed by atoms with Gasteiger partial charge in [0.05, 0.1) is 5.01 Å². The zero-order chi connectivity index (χ0) is 18.9. The summed E-state index contributed by atoms with van der Waals surface area (Å²) in [7, 11) is 0. The Balaban J connectivity index is 1.50. The largest absolute Gasteiger partial charge is 0.444 e. The van der Waals surface area contributed by atoms with Gasteiger partial charge in [-0.15, -0.1) is 11.3 Å². The van der Waals surface area contributed by atoms with Crippen molar-refractivity contribution in [2.24, 2.45) is 11.8 Å². The van der Waals surface area contributed by atoms with Crippen LogP contribution in [0, 0.1) is 11.8 Å². The van der Waals surface area contributed by atoms with Crippen LogP contribution < -0.4 is 0 Å². The molecule has 6 nitrogen and oxygen atoms in total. The highest BCUT2D eigenvalue weighted by Gasteiger charge is 2.40. The van der Waals surface area contributed by atoms with Crippen LogP contribution >= 0.6 is 11.3 Å². The van der Waals surface area contributed by atoms with E-state index in [1.807, 2.05) is 44.2 Å². The van der Waals surface area contributed by atoms with Gasteiger partial charge in [-0.3, -0.25) is 4.79 Å². The van der Waals surface area contributed by atoms with Crippen molar-refractivity contribution < 1.29 is 14.3 Å². The molecular weight excluding hydrogens is 350 g/mol. The second-order valence-corrected chi connectivity index (χ2v) is 9.35. The zero-order valence-corrected chi connectivity index (χ0v) is 16.9. The molecule has 0 saturated carbocycles. The molecule has 0 aromatic carbocycles. The van der Waals surface area contributed by atoms with Crippen LogP contribution in [0.1, 0.15) is 51.5 Å². The molecule has 144 valence electrons. The first-order chi connectivity index (χ1) is 12.2. The van der Waals surface area contributed by atoms with Crippen LogP contribution in [0.3, 0.4) is 0 Å². The molecule has 2 aliphatic rings. The third-order valence-corrected chi connectivity index (χ3v) is 6.13. The van der Waals surface area contributed by atoms with E-state index in [0.29, 0.717) is 19.0 Å². The molecule has 7 heteroatoms. The van der Waals surface area contributed by atoms with Crippen LogP contribution in [0.25, 0.3) is 0 Å². The highest BCUT2D eigenvalue weighted by Crippen LogP contribution is 2.31. The highest BCUT2D eigenvalue weighted by atomic mass is 32.1. The third-order valence-electron chi connectivity index (χ3n) is 5.19. The van der Waals surface area contributed by atoms with Gasteiger partial charge in [-0.25, -0.2) is 9.78 Å². The Morgan fingerprint density at radius 3 is 2.62 bits per heavy atom. The fraction of sp³-hybridized carbons (Fsp3) is 0.737. The Labute approximate surface area is 159 Å². The molecule has 2 fully saturated rings. The molecule has 1 aromatic rings. The van der Waals surface area contributed by atoms with E-state index in [1.54, 1.807) is 16.2 Å². The molecule has 0 bridgehead atoms. The second-order valence-electron chi connectivity index (χ2n) is 8.43. The molecule has 2 aliphatic heterocycles. The molecule has 2 amide bonds. The number of nitrogens with zero attached hydrogens (tertiary/aromatic N) is 3. The zero-order valence-electron chi connectivity index (χ0n) is 16.1. The van der Waals surface area contributed by atoms with Crippen LogP contribution in [0.15, 0.2) is 11.6 Å². The minimum absolute atomic E-state index is 0.0660. The number of carbonyl (C=O) groups is 2. The Hall–Kier alpha value is -1.63. The lowest BCUT2D eigenvalue weighted by atomic mass is 9.85. The Morgan fingerprint density at radius 2 is 2.00 bits per heavy atom. The Morgan fingerprint density at radius 1 is 1.27 bits per heavy atom. The fourth-order valence-corrected chi connectivity index (χ4v) is 4.38. The predicted octanol–water partition coefficient (Wildman–Crippen LogP) is 3.35. The summed E-state index contributed by atoms with van der Waals surface area (Å²) in [5.41, 5.74) is -0.484. The number of hydrogen-bond donors (Lipinski definition) is 0. The second kappa shape index (κ2) is 7.55. The maximum absolute atomic E-state index is 12.9. The van der Waals surface area contributed by atoms with E-state index in [2.05, 4.69) is 4.98 Å². The summed E-state index contributed by atoms with van der Waals surface area (Å²) in [4.78, 5) is 33.1. The van der Waals surface area contributed by atoms with Gasteiger partial charge in [0.15, 0.2) is 0 Å². The summed E-state index contributed by atoms with van der Waals surface area (Å²) in [6.07, 6.45) is 3.68. The first-order valence-electron chi connectivity index (χ1n) is 9.40. The SMILES string of the molecule is C[C@H](C(=O)N1CCC[C@H](c2nccs2)C1)C1CN(C(=O)OC(C)(C)C)C1. The van der Waals surface area contributed by atoms with Crippen LogP contribution in [0.4, 0.5) is 4.79 Å². The standard InChI is InChI=1S/C19H29N3O3S/c1-13(15-11-22(12-15)18(24)25-19(2,3)4)17(23)21-8-5-6-14(10-21)16-20-7-9-26-16/h7,9,13-15H,5-6,8,10-12H2,1-4H3/t13-,14-/m0/s1. The van der Waals surface area contributed by atoms with Crippen molar-refractivity contribution >= 4 is 23.3 Å². The molecule has 3 rings (SSSR count). The number of likely N-dealkylation sites (tertiary alicyclic amines) is 2. The maximum atomic E-state index is 12.9. The number of rotatable bonds is 3. The van der Waals surface area contributed by atoms with E-state index in [4.69, 9.17) is 4.74 Å². The molecule has 0 N–H and O–H groups in total. The highest BCUT2D eigenvalue weighted by molar-refractivity contribution is 7.09. The minimum atomic E-state index is -0.484. The Bertz CT molecular complexity index is 635. The minimum Gasteiger partial charge on any atom is -0.444 e. The summed E-state index contributed by atoms with van der Waals surface area (Å²) in [5, 5.41) is 3.13. The maximum Gasteiger partial charge on any atom is 0.410 e. The molecule has 0 unspecified atom stereocenters. The van der Waals surface area contributed by atoms with Gasteiger partial charge in [0.25, 0.3) is 0 Å². The fourth-order valence-electron chi connectivity index (χ4n) is 3.61. The number of ether oxygens (including phenoxy) is 1. The molecule has 0 radical (unpaired) electrons. The molecule has 0 spiro atoms. The van der Waals surface area contributed by atoms with E-state index in [0.717, 1.165) is 30.9 Å². The monoisotopic (exact) mass is 379 g/mol. The van der Waals surface area contributed by atoms with Crippen LogP contribution in [-0.4, -0.2) is 58.6 Å². The van der Waals surface area contributed by atoms with Crippen LogP contribution in [0.5, 0.6) is 0 Å². The van der Waals surface area contributed by atoms with Crippen molar-refractivity contribution in [2.45, 2.75) is 52.1 Å². The van der Waals surface area contributed by atoms with Crippen molar-refractivity contribution in [3.8, 4) is 0 Å². The van der Waals surface area contributed by atoms with Crippen molar-refractivity contribution in [3.63, 3.8) is 0 Å². The van der Waals surface area contributed by atoms with Crippen LogP contribution in [-0.2, 0) is 9.53 Å². The molecule has 1 aromatic heterocycles. The lowest BCUT2D eigenvalue weighted by Crippen LogP contribution is -2.56. The molecule has 2 atom stereocenters. The van der Waals surface area contributed by atoms with E-state index in [1.165, 1.54) is 0 Å². The quantitative estimate of drug-likeness (QED) is 0.808. The first kappa shape index (κ1) is 19.1. The summed E-state index contributed by atoms with van der Waals surface area (Å²) < 4.78 is 5.39. The number of thiazole rings is 1. The van der Waals surface area contributed by atoms with Crippen molar-refractivity contribution in [1.29, 1.82) is 0 Å². The van der Waals surface area contributed by atoms with Crippen molar-refractivity contribution in [1.82, 2.24) is 14.8 Å². The van der Waals surface area contributed by atoms with Gasteiger partial charge < -0.3 is 14.5 Å². The number of hydrogen-bond acceptors (Lipinski definition) is 5. The average Bonchev–Trinajstić information content (AvgIpc) is 3.05. The normalized spacial score (nSPS) is 22.7. The number of piperidine rings is 1. The van der Waals surface area contributed by atoms with E-state index in [9.17, 15) is 9.59 Å². The lowest BCUT2D eigenvalue weighted by molar-refractivity contribution is -0.140. The summed E-state index contributed by atoms with van der Waals surface area (Å²) in [5.74, 6) is 0.721. The molecule has 26 heavy (non-hydrogen) atoms. The molecule has 0 aliphatic carbocycles. The predicted molar refractivity (Wildman–Crippen MR) is 101 cm³/mol.